The smallest absolute Gasteiger partial charge is 0.231 e. The lowest BCUT2D eigenvalue weighted by atomic mass is 9.91. The summed E-state index contributed by atoms with van der Waals surface area (Å²) in [5, 5.41) is 4.39. The van der Waals surface area contributed by atoms with E-state index in [-0.39, 0.29) is 23.8 Å². The molecular weight excluding hydrogens is 355 g/mol. The molecule has 0 saturated carbocycles. The first-order valence-corrected chi connectivity index (χ1v) is 9.62. The number of nitrogens with zero attached hydrogens (tertiary/aromatic N) is 4. The van der Waals surface area contributed by atoms with Crippen LogP contribution in [0.2, 0.25) is 0 Å². The first-order valence-electron chi connectivity index (χ1n) is 9.62. The molecule has 3 aromatic rings. The minimum Gasteiger partial charge on any atom is -0.274 e. The highest BCUT2D eigenvalue weighted by atomic mass is 19.1. The molecule has 1 amide bonds. The van der Waals surface area contributed by atoms with E-state index < -0.39 is 0 Å². The minimum absolute atomic E-state index is 0.0416. The number of carbonyl (C=O) groups is 1. The van der Waals surface area contributed by atoms with Crippen LogP contribution in [0, 0.1) is 12.7 Å². The van der Waals surface area contributed by atoms with Crippen molar-refractivity contribution in [1.29, 1.82) is 0 Å². The number of anilines is 1. The molecule has 2 aromatic carbocycles. The van der Waals surface area contributed by atoms with Crippen LogP contribution >= 0.6 is 0 Å². The summed E-state index contributed by atoms with van der Waals surface area (Å²) in [6.07, 6.45) is 3.36. The molecule has 2 unspecified atom stereocenters. The Hall–Kier alpha value is -3.02. The van der Waals surface area contributed by atoms with E-state index in [1.54, 1.807) is 21.7 Å². The lowest BCUT2D eigenvalue weighted by Gasteiger charge is -2.39. The summed E-state index contributed by atoms with van der Waals surface area (Å²) in [6, 6.07) is 14.5. The highest BCUT2D eigenvalue weighted by Gasteiger charge is 2.38. The van der Waals surface area contributed by atoms with Crippen molar-refractivity contribution in [2.75, 3.05) is 4.90 Å². The van der Waals surface area contributed by atoms with Gasteiger partial charge in [0.25, 0.3) is 0 Å². The van der Waals surface area contributed by atoms with Crippen LogP contribution in [0.25, 0.3) is 0 Å². The number of aromatic nitrogens is 3. The number of halogens is 1. The molecule has 6 heteroatoms. The minimum atomic E-state index is -0.270. The maximum atomic E-state index is 13.4. The van der Waals surface area contributed by atoms with Gasteiger partial charge in [0, 0.05) is 6.42 Å². The third kappa shape index (κ3) is 3.30. The molecule has 0 bridgehead atoms. The van der Waals surface area contributed by atoms with Gasteiger partial charge in [-0.2, -0.15) is 10.1 Å². The summed E-state index contributed by atoms with van der Waals surface area (Å²) in [6.45, 7) is 4.04. The van der Waals surface area contributed by atoms with E-state index in [0.717, 1.165) is 17.5 Å². The largest absolute Gasteiger partial charge is 0.274 e. The zero-order valence-electron chi connectivity index (χ0n) is 16.0. The average Bonchev–Trinajstić information content (AvgIpc) is 3.18. The molecule has 2 atom stereocenters. The summed E-state index contributed by atoms with van der Waals surface area (Å²) in [7, 11) is 0. The molecule has 2 heterocycles. The molecule has 0 radical (unpaired) electrons. The Kier molecular flexibility index (Phi) is 4.94. The van der Waals surface area contributed by atoms with Gasteiger partial charge in [-0.15, -0.1) is 0 Å². The van der Waals surface area contributed by atoms with Crippen molar-refractivity contribution in [2.24, 2.45) is 0 Å². The van der Waals surface area contributed by atoms with Crippen molar-refractivity contribution in [3.8, 4) is 0 Å². The van der Waals surface area contributed by atoms with Crippen LogP contribution in [-0.4, -0.2) is 20.7 Å². The molecule has 0 aliphatic carbocycles. The van der Waals surface area contributed by atoms with Gasteiger partial charge in [0.1, 0.15) is 12.1 Å². The molecule has 28 heavy (non-hydrogen) atoms. The lowest BCUT2D eigenvalue weighted by molar-refractivity contribution is -0.119. The van der Waals surface area contributed by atoms with Gasteiger partial charge in [-0.25, -0.2) is 9.07 Å². The van der Waals surface area contributed by atoms with Crippen molar-refractivity contribution in [3.05, 3.63) is 77.4 Å². The molecule has 144 valence electrons. The predicted octanol–water partition coefficient (Wildman–Crippen LogP) is 4.59. The SMILES string of the molecule is CCCC(=O)N1c2ncnn2C(c2ccc(F)cc2)CC1c1ccc(C)cc1. The van der Waals surface area contributed by atoms with Gasteiger partial charge in [0.05, 0.1) is 12.1 Å². The van der Waals surface area contributed by atoms with Gasteiger partial charge < -0.3 is 0 Å². The fourth-order valence-electron chi connectivity index (χ4n) is 3.85. The van der Waals surface area contributed by atoms with E-state index in [1.807, 2.05) is 13.8 Å². The Bertz CT molecular complexity index is 965. The molecule has 5 nitrogen and oxygen atoms in total. The van der Waals surface area contributed by atoms with E-state index in [0.29, 0.717) is 18.8 Å². The van der Waals surface area contributed by atoms with Gasteiger partial charge in [0.2, 0.25) is 11.9 Å². The summed E-state index contributed by atoms with van der Waals surface area (Å²) >= 11 is 0. The number of rotatable bonds is 4. The van der Waals surface area contributed by atoms with Crippen LogP contribution in [0.1, 0.15) is 55.0 Å². The van der Waals surface area contributed by atoms with Crippen molar-refractivity contribution in [2.45, 2.75) is 45.2 Å². The fourth-order valence-corrected chi connectivity index (χ4v) is 3.85. The molecular formula is C22H23FN4O. The van der Waals surface area contributed by atoms with E-state index in [4.69, 9.17) is 0 Å². The Morgan fingerprint density at radius 2 is 1.71 bits per heavy atom. The predicted molar refractivity (Wildman–Crippen MR) is 105 cm³/mol. The third-order valence-electron chi connectivity index (χ3n) is 5.27. The van der Waals surface area contributed by atoms with Gasteiger partial charge in [0.15, 0.2) is 0 Å². The molecule has 0 spiro atoms. The van der Waals surface area contributed by atoms with Crippen LogP contribution in [-0.2, 0) is 4.79 Å². The number of hydrogen-bond donors (Lipinski definition) is 0. The second-order valence-corrected chi connectivity index (χ2v) is 7.25. The molecule has 0 fully saturated rings. The van der Waals surface area contributed by atoms with E-state index >= 15 is 0 Å². The molecule has 0 N–H and O–H groups in total. The number of carbonyl (C=O) groups excluding carboxylic acids is 1. The van der Waals surface area contributed by atoms with Crippen LogP contribution in [0.4, 0.5) is 10.3 Å². The van der Waals surface area contributed by atoms with Gasteiger partial charge in [-0.1, -0.05) is 48.9 Å². The monoisotopic (exact) mass is 378 g/mol. The maximum absolute atomic E-state index is 13.4. The fraction of sp³-hybridized carbons (Fsp3) is 0.318. The molecule has 1 aliphatic rings. The van der Waals surface area contributed by atoms with Crippen molar-refractivity contribution < 1.29 is 9.18 Å². The Labute approximate surface area is 163 Å². The van der Waals surface area contributed by atoms with Gasteiger partial charge >= 0.3 is 0 Å². The normalized spacial score (nSPS) is 18.8. The summed E-state index contributed by atoms with van der Waals surface area (Å²) in [5.74, 6) is 0.317. The van der Waals surface area contributed by atoms with E-state index in [2.05, 4.69) is 34.3 Å². The zero-order chi connectivity index (χ0) is 19.7. The van der Waals surface area contributed by atoms with Gasteiger partial charge in [-0.3, -0.25) is 9.69 Å². The highest BCUT2D eigenvalue weighted by Crippen LogP contribution is 2.42. The molecule has 1 aliphatic heterocycles. The van der Waals surface area contributed by atoms with Crippen LogP contribution < -0.4 is 4.90 Å². The van der Waals surface area contributed by atoms with Gasteiger partial charge in [-0.05, 0) is 43.0 Å². The summed E-state index contributed by atoms with van der Waals surface area (Å²) in [5.41, 5.74) is 3.19. The number of fused-ring (bicyclic) bond motifs is 1. The van der Waals surface area contributed by atoms with Crippen molar-refractivity contribution >= 4 is 11.9 Å². The van der Waals surface area contributed by atoms with Crippen molar-refractivity contribution in [3.63, 3.8) is 0 Å². The topological polar surface area (TPSA) is 51.0 Å². The number of hydrogen-bond acceptors (Lipinski definition) is 3. The Morgan fingerprint density at radius 3 is 2.39 bits per heavy atom. The average molecular weight is 378 g/mol. The third-order valence-corrected chi connectivity index (χ3v) is 5.27. The standard InChI is InChI=1S/C22H23FN4O/c1-3-4-21(28)26-19(16-7-5-15(2)6-8-16)13-20(27-22(26)24-14-25-27)17-9-11-18(23)12-10-17/h5-12,14,19-20H,3-4,13H2,1-2H3. The molecule has 0 saturated heterocycles. The lowest BCUT2D eigenvalue weighted by Crippen LogP contribution is -2.42. The van der Waals surface area contributed by atoms with Crippen LogP contribution in [0.5, 0.6) is 0 Å². The number of amides is 1. The second-order valence-electron chi connectivity index (χ2n) is 7.25. The Morgan fingerprint density at radius 1 is 1.07 bits per heavy atom. The first-order chi connectivity index (χ1) is 13.6. The number of aryl methyl sites for hydroxylation is 1. The number of benzene rings is 2. The molecule has 4 rings (SSSR count). The highest BCUT2D eigenvalue weighted by molar-refractivity contribution is 5.92. The van der Waals surface area contributed by atoms with E-state index in [1.165, 1.54) is 24.0 Å². The first kappa shape index (κ1) is 18.3. The summed E-state index contributed by atoms with van der Waals surface area (Å²) < 4.78 is 15.2. The maximum Gasteiger partial charge on any atom is 0.231 e. The quantitative estimate of drug-likeness (QED) is 0.667. The molecule has 1 aromatic heterocycles. The van der Waals surface area contributed by atoms with Crippen LogP contribution in [0.3, 0.4) is 0 Å². The second kappa shape index (κ2) is 7.54. The Balaban J connectivity index is 1.81. The van der Waals surface area contributed by atoms with E-state index in [9.17, 15) is 9.18 Å². The summed E-state index contributed by atoms with van der Waals surface area (Å²) in [4.78, 5) is 19.2. The zero-order valence-corrected chi connectivity index (χ0v) is 16.0. The van der Waals surface area contributed by atoms with Crippen molar-refractivity contribution in [1.82, 2.24) is 14.8 Å². The van der Waals surface area contributed by atoms with Crippen LogP contribution in [0.15, 0.2) is 54.9 Å².